The smallest absolute Gasteiger partial charge is 0.246 e. The summed E-state index contributed by atoms with van der Waals surface area (Å²) in [5.74, 6) is 0.149. The van der Waals surface area contributed by atoms with E-state index in [9.17, 15) is 4.79 Å². The maximum atomic E-state index is 12.1. The van der Waals surface area contributed by atoms with Crippen LogP contribution in [-0.4, -0.2) is 23.9 Å². The first-order valence-corrected chi connectivity index (χ1v) is 8.63. The maximum absolute atomic E-state index is 12.1. The molecule has 2 nitrogen and oxygen atoms in total. The molecular formula is C16H17NOS2. The molecule has 0 bridgehead atoms. The van der Waals surface area contributed by atoms with E-state index in [2.05, 4.69) is 29.6 Å². The molecule has 3 heterocycles. The molecule has 1 aliphatic rings. The first-order valence-electron chi connectivity index (χ1n) is 6.93. The van der Waals surface area contributed by atoms with Crippen LogP contribution in [0, 0.1) is 0 Å². The Balaban J connectivity index is 1.65. The zero-order valence-electron chi connectivity index (χ0n) is 11.2. The Bertz CT molecular complexity index is 592. The van der Waals surface area contributed by atoms with Gasteiger partial charge in [0, 0.05) is 33.8 Å². The van der Waals surface area contributed by atoms with Crippen molar-refractivity contribution in [2.45, 2.75) is 19.3 Å². The van der Waals surface area contributed by atoms with Gasteiger partial charge in [0.25, 0.3) is 0 Å². The van der Waals surface area contributed by atoms with Crippen molar-refractivity contribution in [3.8, 4) is 9.75 Å². The van der Waals surface area contributed by atoms with Crippen LogP contribution < -0.4 is 0 Å². The summed E-state index contributed by atoms with van der Waals surface area (Å²) in [5, 5.41) is 2.09. The lowest BCUT2D eigenvalue weighted by Gasteiger charge is -2.25. The molecule has 4 heteroatoms. The molecule has 3 rings (SSSR count). The first-order chi connectivity index (χ1) is 9.83. The quantitative estimate of drug-likeness (QED) is 0.764. The Hall–Kier alpha value is -1.39. The fraction of sp³-hybridized carbons (Fsp3) is 0.312. The number of carbonyl (C=O) groups is 1. The first kappa shape index (κ1) is 13.6. The number of hydrogen-bond acceptors (Lipinski definition) is 3. The second-order valence-corrected chi connectivity index (χ2v) is 6.96. The highest BCUT2D eigenvalue weighted by Crippen LogP contribution is 2.31. The van der Waals surface area contributed by atoms with Crippen LogP contribution in [0.3, 0.4) is 0 Å². The van der Waals surface area contributed by atoms with Crippen molar-refractivity contribution in [2.75, 3.05) is 13.1 Å². The number of carbonyl (C=O) groups excluding carboxylic acids is 1. The molecule has 2 aromatic heterocycles. The number of nitrogens with zero attached hydrogens (tertiary/aromatic N) is 1. The van der Waals surface area contributed by atoms with Crippen LogP contribution >= 0.6 is 22.7 Å². The largest absolute Gasteiger partial charge is 0.339 e. The van der Waals surface area contributed by atoms with Crippen LogP contribution in [0.25, 0.3) is 15.8 Å². The molecule has 0 aromatic carbocycles. The van der Waals surface area contributed by atoms with Crippen LogP contribution in [0.2, 0.25) is 0 Å². The van der Waals surface area contributed by atoms with Gasteiger partial charge < -0.3 is 4.90 Å². The molecular weight excluding hydrogens is 286 g/mol. The molecule has 0 unspecified atom stereocenters. The molecule has 0 saturated carbocycles. The molecule has 0 aliphatic carbocycles. The van der Waals surface area contributed by atoms with Crippen molar-refractivity contribution in [2.24, 2.45) is 0 Å². The highest BCUT2D eigenvalue weighted by Gasteiger charge is 2.13. The van der Waals surface area contributed by atoms with E-state index in [4.69, 9.17) is 0 Å². The van der Waals surface area contributed by atoms with Gasteiger partial charge in [-0.25, -0.2) is 0 Å². The van der Waals surface area contributed by atoms with Crippen molar-refractivity contribution < 1.29 is 4.79 Å². The Morgan fingerprint density at radius 1 is 1.10 bits per heavy atom. The third-order valence-electron chi connectivity index (χ3n) is 3.45. The van der Waals surface area contributed by atoms with Gasteiger partial charge in [0.15, 0.2) is 0 Å². The topological polar surface area (TPSA) is 20.3 Å². The normalized spacial score (nSPS) is 15.9. The standard InChI is InChI=1S/C16H17NOS2/c18-16(17-10-2-1-3-11-17)9-7-13-6-8-15(20-13)14-5-4-12-19-14/h4-9,12H,1-3,10-11H2. The monoisotopic (exact) mass is 303 g/mol. The number of rotatable bonds is 3. The summed E-state index contributed by atoms with van der Waals surface area (Å²) in [6.45, 7) is 1.82. The molecule has 1 amide bonds. The molecule has 0 atom stereocenters. The van der Waals surface area contributed by atoms with Gasteiger partial charge in [-0.3, -0.25) is 4.79 Å². The molecule has 104 valence electrons. The Morgan fingerprint density at radius 3 is 2.70 bits per heavy atom. The second-order valence-electron chi connectivity index (χ2n) is 4.90. The Morgan fingerprint density at radius 2 is 1.95 bits per heavy atom. The third-order valence-corrected chi connectivity index (χ3v) is 5.56. The minimum Gasteiger partial charge on any atom is -0.339 e. The minimum atomic E-state index is 0.149. The van der Waals surface area contributed by atoms with E-state index in [1.54, 1.807) is 28.7 Å². The van der Waals surface area contributed by atoms with Crippen LogP contribution in [0.4, 0.5) is 0 Å². The van der Waals surface area contributed by atoms with Gasteiger partial charge in [0.2, 0.25) is 5.91 Å². The maximum Gasteiger partial charge on any atom is 0.246 e. The van der Waals surface area contributed by atoms with Crippen LogP contribution in [-0.2, 0) is 4.79 Å². The van der Waals surface area contributed by atoms with Crippen molar-refractivity contribution in [1.82, 2.24) is 4.90 Å². The van der Waals surface area contributed by atoms with Gasteiger partial charge in [-0.2, -0.15) is 0 Å². The predicted octanol–water partition coefficient (Wildman–Crippen LogP) is 4.50. The molecule has 20 heavy (non-hydrogen) atoms. The van der Waals surface area contributed by atoms with Crippen LogP contribution in [0.15, 0.2) is 35.7 Å². The lowest BCUT2D eigenvalue weighted by Crippen LogP contribution is -2.34. The summed E-state index contributed by atoms with van der Waals surface area (Å²) in [5.41, 5.74) is 0. The average molecular weight is 303 g/mol. The summed E-state index contributed by atoms with van der Waals surface area (Å²) >= 11 is 3.48. The minimum absolute atomic E-state index is 0.149. The predicted molar refractivity (Wildman–Crippen MR) is 87.1 cm³/mol. The number of hydrogen-bond donors (Lipinski definition) is 0. The molecule has 0 radical (unpaired) electrons. The van der Waals surface area contributed by atoms with E-state index in [0.29, 0.717) is 0 Å². The van der Waals surface area contributed by atoms with E-state index in [1.807, 2.05) is 11.0 Å². The molecule has 1 fully saturated rings. The molecule has 1 saturated heterocycles. The summed E-state index contributed by atoms with van der Waals surface area (Å²) in [7, 11) is 0. The average Bonchev–Trinajstić information content (AvgIpc) is 3.16. The zero-order valence-corrected chi connectivity index (χ0v) is 12.9. The van der Waals surface area contributed by atoms with E-state index < -0.39 is 0 Å². The highest BCUT2D eigenvalue weighted by atomic mass is 32.1. The van der Waals surface area contributed by atoms with Crippen LogP contribution in [0.1, 0.15) is 24.1 Å². The lowest BCUT2D eigenvalue weighted by molar-refractivity contribution is -0.126. The van der Waals surface area contributed by atoms with Crippen molar-refractivity contribution in [1.29, 1.82) is 0 Å². The summed E-state index contributed by atoms with van der Waals surface area (Å²) < 4.78 is 0. The Kier molecular flexibility index (Phi) is 4.33. The second kappa shape index (κ2) is 6.37. The SMILES string of the molecule is O=C(C=Cc1ccc(-c2cccs2)s1)N1CCCCC1. The number of piperidine rings is 1. The van der Waals surface area contributed by atoms with E-state index in [0.717, 1.165) is 30.8 Å². The molecule has 1 aliphatic heterocycles. The van der Waals surface area contributed by atoms with Crippen molar-refractivity contribution in [3.05, 3.63) is 40.6 Å². The van der Waals surface area contributed by atoms with Gasteiger partial charge in [0.05, 0.1) is 0 Å². The van der Waals surface area contributed by atoms with Gasteiger partial charge in [-0.15, -0.1) is 22.7 Å². The number of amides is 1. The lowest BCUT2D eigenvalue weighted by atomic mass is 10.1. The van der Waals surface area contributed by atoms with Crippen molar-refractivity contribution >= 4 is 34.7 Å². The van der Waals surface area contributed by atoms with Gasteiger partial charge in [-0.05, 0) is 48.9 Å². The van der Waals surface area contributed by atoms with Crippen LogP contribution in [0.5, 0.6) is 0 Å². The summed E-state index contributed by atoms with van der Waals surface area (Å²) in [4.78, 5) is 17.7. The highest BCUT2D eigenvalue weighted by molar-refractivity contribution is 7.21. The molecule has 2 aromatic rings. The number of likely N-dealkylation sites (tertiary alicyclic amines) is 1. The third kappa shape index (κ3) is 3.19. The van der Waals surface area contributed by atoms with E-state index >= 15 is 0 Å². The van der Waals surface area contributed by atoms with E-state index in [1.165, 1.54) is 16.2 Å². The fourth-order valence-electron chi connectivity index (χ4n) is 2.37. The van der Waals surface area contributed by atoms with Gasteiger partial charge >= 0.3 is 0 Å². The molecule has 0 N–H and O–H groups in total. The molecule has 0 spiro atoms. The van der Waals surface area contributed by atoms with Gasteiger partial charge in [-0.1, -0.05) is 6.07 Å². The Labute approximate surface area is 127 Å². The zero-order chi connectivity index (χ0) is 13.8. The van der Waals surface area contributed by atoms with Crippen molar-refractivity contribution in [3.63, 3.8) is 0 Å². The van der Waals surface area contributed by atoms with E-state index in [-0.39, 0.29) is 5.91 Å². The number of thiophene rings is 2. The van der Waals surface area contributed by atoms with Gasteiger partial charge in [0.1, 0.15) is 0 Å². The fourth-order valence-corrected chi connectivity index (χ4v) is 4.11. The summed E-state index contributed by atoms with van der Waals surface area (Å²) in [6, 6.07) is 8.40. The summed E-state index contributed by atoms with van der Waals surface area (Å²) in [6.07, 6.45) is 7.19.